The van der Waals surface area contributed by atoms with E-state index < -0.39 is 15.9 Å². The summed E-state index contributed by atoms with van der Waals surface area (Å²) in [5.74, 6) is 0.466. The van der Waals surface area contributed by atoms with Crippen LogP contribution in [0.4, 0.5) is 0 Å². The zero-order valence-electron chi connectivity index (χ0n) is 9.54. The predicted octanol–water partition coefficient (Wildman–Crippen LogP) is 0.558. The molecule has 1 aromatic rings. The number of hydrogen-bond acceptors (Lipinski definition) is 5. The van der Waals surface area contributed by atoms with E-state index in [1.165, 1.54) is 13.3 Å². The van der Waals surface area contributed by atoms with Gasteiger partial charge in [0.2, 0.25) is 5.88 Å². The molecule has 0 bridgehead atoms. The monoisotopic (exact) mass is 257 g/mol. The Bertz CT molecular complexity index is 483. The van der Waals surface area contributed by atoms with Gasteiger partial charge in [-0.15, -0.1) is 0 Å². The first kappa shape index (κ1) is 12.3. The Hall–Kier alpha value is -1.14. The summed E-state index contributed by atoms with van der Waals surface area (Å²) >= 11 is 0. The summed E-state index contributed by atoms with van der Waals surface area (Å²) in [5.41, 5.74) is 0.632. The average Bonchev–Trinajstić information content (AvgIpc) is 2.69. The topological polar surface area (TPSA) is 76.5 Å². The Morgan fingerprint density at radius 3 is 2.76 bits per heavy atom. The quantitative estimate of drug-likeness (QED) is 0.856. The molecule has 1 N–H and O–H groups in total. The first-order valence-electron chi connectivity index (χ1n) is 5.40. The van der Waals surface area contributed by atoms with Crippen LogP contribution in [0.2, 0.25) is 0 Å². The third-order valence-electron chi connectivity index (χ3n) is 3.02. The zero-order chi connectivity index (χ0) is 12.5. The van der Waals surface area contributed by atoms with Gasteiger partial charge in [-0.2, -0.15) is 0 Å². The Kier molecular flexibility index (Phi) is 3.35. The third kappa shape index (κ3) is 2.76. The summed E-state index contributed by atoms with van der Waals surface area (Å²) in [6.45, 7) is 0. The largest absolute Gasteiger partial charge is 0.481 e. The number of aliphatic hydroxyl groups excluding tert-OH is 1. The van der Waals surface area contributed by atoms with Crippen molar-refractivity contribution in [2.24, 2.45) is 5.92 Å². The molecule has 1 aromatic heterocycles. The molecule has 2 unspecified atom stereocenters. The highest BCUT2D eigenvalue weighted by Crippen LogP contribution is 2.31. The van der Waals surface area contributed by atoms with Crippen LogP contribution in [-0.2, 0) is 9.84 Å². The summed E-state index contributed by atoms with van der Waals surface area (Å²) in [6.07, 6.45) is 1.26. The van der Waals surface area contributed by atoms with Gasteiger partial charge in [0.15, 0.2) is 9.84 Å². The molecule has 2 heterocycles. The van der Waals surface area contributed by atoms with Gasteiger partial charge in [0.25, 0.3) is 0 Å². The molecule has 1 saturated heterocycles. The third-order valence-corrected chi connectivity index (χ3v) is 4.82. The summed E-state index contributed by atoms with van der Waals surface area (Å²) in [5, 5.41) is 10.1. The van der Waals surface area contributed by atoms with Crippen molar-refractivity contribution in [2.75, 3.05) is 18.6 Å². The van der Waals surface area contributed by atoms with Crippen molar-refractivity contribution in [3.8, 4) is 5.88 Å². The van der Waals surface area contributed by atoms with Crippen LogP contribution >= 0.6 is 0 Å². The van der Waals surface area contributed by atoms with E-state index in [-0.39, 0.29) is 17.4 Å². The molecule has 1 fully saturated rings. The SMILES string of the molecule is COc1ccc(C(O)C2CCS(=O)(=O)C2)cn1. The number of ether oxygens (including phenoxy) is 1. The molecule has 6 heteroatoms. The second-order valence-electron chi connectivity index (χ2n) is 4.24. The maximum Gasteiger partial charge on any atom is 0.212 e. The lowest BCUT2D eigenvalue weighted by Gasteiger charge is -2.16. The van der Waals surface area contributed by atoms with E-state index in [2.05, 4.69) is 4.98 Å². The molecule has 1 aliphatic rings. The fourth-order valence-electron chi connectivity index (χ4n) is 2.03. The smallest absolute Gasteiger partial charge is 0.212 e. The van der Waals surface area contributed by atoms with Crippen LogP contribution in [0.5, 0.6) is 5.88 Å². The normalized spacial score (nSPS) is 24.5. The summed E-state index contributed by atoms with van der Waals surface area (Å²) in [7, 11) is -1.45. The molecule has 0 saturated carbocycles. The summed E-state index contributed by atoms with van der Waals surface area (Å²) in [6, 6.07) is 3.36. The highest BCUT2D eigenvalue weighted by Gasteiger charge is 2.33. The van der Waals surface area contributed by atoms with E-state index in [0.717, 1.165) is 0 Å². The van der Waals surface area contributed by atoms with Crippen LogP contribution in [0.25, 0.3) is 0 Å². The fourth-order valence-corrected chi connectivity index (χ4v) is 3.86. The molecule has 1 aliphatic heterocycles. The second-order valence-corrected chi connectivity index (χ2v) is 6.47. The van der Waals surface area contributed by atoms with Gasteiger partial charge in [0, 0.05) is 18.2 Å². The van der Waals surface area contributed by atoms with Crippen molar-refractivity contribution in [1.29, 1.82) is 0 Å². The molecule has 2 rings (SSSR count). The zero-order valence-corrected chi connectivity index (χ0v) is 10.4. The van der Waals surface area contributed by atoms with E-state index >= 15 is 0 Å². The number of sulfone groups is 1. The molecule has 0 amide bonds. The number of aromatic nitrogens is 1. The summed E-state index contributed by atoms with van der Waals surface area (Å²) in [4.78, 5) is 3.99. The molecule has 17 heavy (non-hydrogen) atoms. The Morgan fingerprint density at radius 2 is 2.29 bits per heavy atom. The number of nitrogens with zero attached hydrogens (tertiary/aromatic N) is 1. The maximum atomic E-state index is 11.3. The van der Waals surface area contributed by atoms with Crippen LogP contribution in [0.1, 0.15) is 18.1 Å². The Balaban J connectivity index is 2.11. The van der Waals surface area contributed by atoms with E-state index in [1.54, 1.807) is 12.1 Å². The van der Waals surface area contributed by atoms with Gasteiger partial charge in [-0.05, 0) is 18.1 Å². The molecule has 2 atom stereocenters. The maximum absolute atomic E-state index is 11.3. The Labute approximate surface area is 100 Å². The van der Waals surface area contributed by atoms with Crippen molar-refractivity contribution >= 4 is 9.84 Å². The molecule has 94 valence electrons. The van der Waals surface area contributed by atoms with Crippen LogP contribution < -0.4 is 4.74 Å². The molecule has 0 spiro atoms. The number of pyridine rings is 1. The van der Waals surface area contributed by atoms with Gasteiger partial charge < -0.3 is 9.84 Å². The van der Waals surface area contributed by atoms with Crippen LogP contribution in [-0.4, -0.2) is 37.1 Å². The van der Waals surface area contributed by atoms with E-state index in [4.69, 9.17) is 4.74 Å². The highest BCUT2D eigenvalue weighted by molar-refractivity contribution is 7.91. The minimum absolute atomic E-state index is 0.0557. The molecular weight excluding hydrogens is 242 g/mol. The van der Waals surface area contributed by atoms with Crippen molar-refractivity contribution in [1.82, 2.24) is 4.98 Å². The molecule has 0 aliphatic carbocycles. The second kappa shape index (κ2) is 4.62. The predicted molar refractivity (Wildman–Crippen MR) is 62.5 cm³/mol. The van der Waals surface area contributed by atoms with Gasteiger partial charge in [-0.25, -0.2) is 13.4 Å². The summed E-state index contributed by atoms with van der Waals surface area (Å²) < 4.78 is 27.6. The molecule has 0 radical (unpaired) electrons. The van der Waals surface area contributed by atoms with E-state index in [0.29, 0.717) is 17.9 Å². The fraction of sp³-hybridized carbons (Fsp3) is 0.545. The first-order valence-corrected chi connectivity index (χ1v) is 7.22. The Morgan fingerprint density at radius 1 is 1.53 bits per heavy atom. The standard InChI is InChI=1S/C11H15NO4S/c1-16-10-3-2-8(6-12-10)11(13)9-4-5-17(14,15)7-9/h2-3,6,9,11,13H,4-5,7H2,1H3. The lowest BCUT2D eigenvalue weighted by atomic mass is 9.96. The van der Waals surface area contributed by atoms with Crippen molar-refractivity contribution in [2.45, 2.75) is 12.5 Å². The van der Waals surface area contributed by atoms with Crippen LogP contribution in [0, 0.1) is 5.92 Å². The van der Waals surface area contributed by atoms with E-state index in [1.807, 2.05) is 0 Å². The molecular formula is C11H15NO4S. The van der Waals surface area contributed by atoms with Gasteiger partial charge in [-0.3, -0.25) is 0 Å². The lowest BCUT2D eigenvalue weighted by Crippen LogP contribution is -2.14. The van der Waals surface area contributed by atoms with Crippen molar-refractivity contribution in [3.63, 3.8) is 0 Å². The molecule has 0 aromatic carbocycles. The molecule has 5 nitrogen and oxygen atoms in total. The lowest BCUT2D eigenvalue weighted by molar-refractivity contribution is 0.120. The first-order chi connectivity index (χ1) is 8.02. The highest BCUT2D eigenvalue weighted by atomic mass is 32.2. The van der Waals surface area contributed by atoms with Gasteiger partial charge in [-0.1, -0.05) is 0 Å². The number of hydrogen-bond donors (Lipinski definition) is 1. The number of methoxy groups -OCH3 is 1. The van der Waals surface area contributed by atoms with E-state index in [9.17, 15) is 13.5 Å². The minimum atomic E-state index is -2.97. The number of aliphatic hydroxyl groups is 1. The minimum Gasteiger partial charge on any atom is -0.481 e. The van der Waals surface area contributed by atoms with Gasteiger partial charge in [0.1, 0.15) is 0 Å². The van der Waals surface area contributed by atoms with Gasteiger partial charge in [0.05, 0.1) is 24.7 Å². The van der Waals surface area contributed by atoms with Crippen molar-refractivity contribution < 1.29 is 18.3 Å². The average molecular weight is 257 g/mol. The van der Waals surface area contributed by atoms with Crippen LogP contribution in [0.3, 0.4) is 0 Å². The van der Waals surface area contributed by atoms with Gasteiger partial charge >= 0.3 is 0 Å². The van der Waals surface area contributed by atoms with Crippen LogP contribution in [0.15, 0.2) is 18.3 Å². The number of rotatable bonds is 3. The van der Waals surface area contributed by atoms with Crippen molar-refractivity contribution in [3.05, 3.63) is 23.9 Å².